The van der Waals surface area contributed by atoms with Crippen molar-refractivity contribution >= 4 is 40.5 Å². The SMILES string of the molecule is CCN1C(=S)N[C@H]2c3ccccc3O[C@@]1(C)[C@H]2C(=O)Nc1ccc(Cl)cc1. The van der Waals surface area contributed by atoms with Gasteiger partial charge in [0, 0.05) is 22.8 Å². The average molecular weight is 402 g/mol. The van der Waals surface area contributed by atoms with Crippen LogP contribution in [0.3, 0.4) is 0 Å². The van der Waals surface area contributed by atoms with Crippen LogP contribution >= 0.6 is 23.8 Å². The summed E-state index contributed by atoms with van der Waals surface area (Å²) in [6.07, 6.45) is 0. The molecule has 2 aliphatic heterocycles. The van der Waals surface area contributed by atoms with E-state index in [-0.39, 0.29) is 11.9 Å². The van der Waals surface area contributed by atoms with Gasteiger partial charge in [0.1, 0.15) is 11.7 Å². The molecule has 2 aromatic rings. The number of hydrogen-bond donors (Lipinski definition) is 2. The molecule has 27 heavy (non-hydrogen) atoms. The van der Waals surface area contributed by atoms with Crippen LogP contribution in [0.25, 0.3) is 0 Å². The van der Waals surface area contributed by atoms with E-state index in [1.165, 1.54) is 0 Å². The minimum absolute atomic E-state index is 0.132. The fourth-order valence-electron chi connectivity index (χ4n) is 4.01. The van der Waals surface area contributed by atoms with Gasteiger partial charge in [-0.2, -0.15) is 0 Å². The molecule has 0 aliphatic carbocycles. The van der Waals surface area contributed by atoms with Crippen LogP contribution in [0.4, 0.5) is 5.69 Å². The number of amides is 1. The molecule has 3 atom stereocenters. The highest BCUT2D eigenvalue weighted by Gasteiger charge is 2.58. The number of carbonyl (C=O) groups excluding carboxylic acids is 1. The van der Waals surface area contributed by atoms with Crippen LogP contribution in [0, 0.1) is 5.92 Å². The van der Waals surface area contributed by atoms with Gasteiger partial charge in [-0.25, -0.2) is 0 Å². The van der Waals surface area contributed by atoms with E-state index in [2.05, 4.69) is 10.6 Å². The second-order valence-electron chi connectivity index (χ2n) is 6.84. The standard InChI is InChI=1S/C20H20ClN3O2S/c1-3-24-19(27)23-17-14-6-4-5-7-15(14)26-20(24,2)16(17)18(25)22-13-10-8-12(21)9-11-13/h4-11,16-17H,3H2,1-2H3,(H,22,25)(H,23,27)/t16-,17+,20+/m1/s1. The molecule has 4 rings (SSSR count). The number of nitrogens with one attached hydrogen (secondary N) is 2. The monoisotopic (exact) mass is 401 g/mol. The zero-order valence-electron chi connectivity index (χ0n) is 15.0. The summed E-state index contributed by atoms with van der Waals surface area (Å²) in [5, 5.41) is 7.56. The topological polar surface area (TPSA) is 53.6 Å². The largest absolute Gasteiger partial charge is 0.467 e. The van der Waals surface area contributed by atoms with Crippen LogP contribution < -0.4 is 15.4 Å². The molecule has 2 aromatic carbocycles. The van der Waals surface area contributed by atoms with Crippen LogP contribution in [-0.2, 0) is 4.79 Å². The van der Waals surface area contributed by atoms with Gasteiger partial charge in [-0.3, -0.25) is 4.79 Å². The number of para-hydroxylation sites is 1. The number of benzene rings is 2. The van der Waals surface area contributed by atoms with Crippen LogP contribution in [0.15, 0.2) is 48.5 Å². The Balaban J connectivity index is 1.75. The molecule has 0 saturated carbocycles. The van der Waals surface area contributed by atoms with E-state index in [0.29, 0.717) is 22.4 Å². The summed E-state index contributed by atoms with van der Waals surface area (Å²) in [6.45, 7) is 4.55. The highest BCUT2D eigenvalue weighted by Crippen LogP contribution is 2.48. The van der Waals surface area contributed by atoms with E-state index >= 15 is 0 Å². The van der Waals surface area contributed by atoms with Gasteiger partial charge in [0.2, 0.25) is 5.91 Å². The fraction of sp³-hybridized carbons (Fsp3) is 0.300. The number of carbonyl (C=O) groups is 1. The smallest absolute Gasteiger partial charge is 0.236 e. The maximum absolute atomic E-state index is 13.3. The number of thiocarbonyl (C=S) groups is 1. The van der Waals surface area contributed by atoms with E-state index in [1.54, 1.807) is 24.3 Å². The van der Waals surface area contributed by atoms with Gasteiger partial charge in [-0.1, -0.05) is 29.8 Å². The molecule has 0 unspecified atom stereocenters. The first-order chi connectivity index (χ1) is 12.9. The fourth-order valence-corrected chi connectivity index (χ4v) is 4.57. The van der Waals surface area contributed by atoms with Crippen LogP contribution in [0.5, 0.6) is 5.75 Å². The lowest BCUT2D eigenvalue weighted by Crippen LogP contribution is -2.71. The van der Waals surface area contributed by atoms with E-state index in [9.17, 15) is 4.79 Å². The Morgan fingerprint density at radius 1 is 1.30 bits per heavy atom. The quantitative estimate of drug-likeness (QED) is 0.762. The predicted octanol–water partition coefficient (Wildman–Crippen LogP) is 3.95. The van der Waals surface area contributed by atoms with Crippen molar-refractivity contribution < 1.29 is 9.53 Å². The van der Waals surface area contributed by atoms with Crippen molar-refractivity contribution in [3.05, 3.63) is 59.1 Å². The van der Waals surface area contributed by atoms with Gasteiger partial charge in [0.05, 0.1) is 6.04 Å². The third-order valence-corrected chi connectivity index (χ3v) is 5.84. The molecule has 2 bridgehead atoms. The maximum atomic E-state index is 13.3. The normalized spacial score (nSPS) is 25.9. The van der Waals surface area contributed by atoms with E-state index in [4.69, 9.17) is 28.6 Å². The van der Waals surface area contributed by atoms with Gasteiger partial charge in [0.15, 0.2) is 10.8 Å². The molecule has 1 saturated heterocycles. The average Bonchev–Trinajstić information content (AvgIpc) is 2.63. The second kappa shape index (κ2) is 6.69. The lowest BCUT2D eigenvalue weighted by Gasteiger charge is -2.55. The second-order valence-corrected chi connectivity index (χ2v) is 7.66. The van der Waals surface area contributed by atoms with Gasteiger partial charge in [-0.05, 0) is 56.4 Å². The zero-order chi connectivity index (χ0) is 19.2. The lowest BCUT2D eigenvalue weighted by molar-refractivity contribution is -0.148. The van der Waals surface area contributed by atoms with Crippen molar-refractivity contribution in [2.45, 2.75) is 25.6 Å². The minimum atomic E-state index is -0.882. The van der Waals surface area contributed by atoms with Gasteiger partial charge in [-0.15, -0.1) is 0 Å². The maximum Gasteiger partial charge on any atom is 0.236 e. The van der Waals surface area contributed by atoms with Crippen molar-refractivity contribution in [3.8, 4) is 5.75 Å². The lowest BCUT2D eigenvalue weighted by atomic mass is 9.79. The minimum Gasteiger partial charge on any atom is -0.467 e. The Bertz CT molecular complexity index is 904. The Kier molecular flexibility index (Phi) is 4.48. The number of nitrogens with zero attached hydrogens (tertiary/aromatic N) is 1. The van der Waals surface area contributed by atoms with Crippen LogP contribution in [-0.4, -0.2) is 28.2 Å². The summed E-state index contributed by atoms with van der Waals surface area (Å²) >= 11 is 11.5. The Morgan fingerprint density at radius 3 is 2.70 bits per heavy atom. The third kappa shape index (κ3) is 2.93. The first-order valence-electron chi connectivity index (χ1n) is 8.86. The number of halogens is 1. The number of ether oxygens (including phenoxy) is 1. The van der Waals surface area contributed by atoms with Crippen LogP contribution in [0.2, 0.25) is 5.02 Å². The summed E-state index contributed by atoms with van der Waals surface area (Å²) in [7, 11) is 0. The van der Waals surface area contributed by atoms with E-state index < -0.39 is 11.6 Å². The van der Waals surface area contributed by atoms with Gasteiger partial charge in [0.25, 0.3) is 0 Å². The molecular weight excluding hydrogens is 382 g/mol. The van der Waals surface area contributed by atoms with Crippen molar-refractivity contribution in [1.29, 1.82) is 0 Å². The highest BCUT2D eigenvalue weighted by molar-refractivity contribution is 7.80. The molecular formula is C20H20ClN3O2S. The first kappa shape index (κ1) is 18.1. The van der Waals surface area contributed by atoms with Crippen molar-refractivity contribution in [3.63, 3.8) is 0 Å². The summed E-state index contributed by atoms with van der Waals surface area (Å²) in [6, 6.07) is 14.6. The molecule has 0 radical (unpaired) electrons. The molecule has 2 aliphatic rings. The zero-order valence-corrected chi connectivity index (χ0v) is 16.6. The summed E-state index contributed by atoms with van der Waals surface area (Å²) in [4.78, 5) is 15.2. The van der Waals surface area contributed by atoms with E-state index in [0.717, 1.165) is 11.3 Å². The molecule has 2 N–H and O–H groups in total. The predicted molar refractivity (Wildman–Crippen MR) is 110 cm³/mol. The number of anilines is 1. The number of fused-ring (bicyclic) bond motifs is 4. The number of rotatable bonds is 3. The molecule has 0 spiro atoms. The molecule has 1 fully saturated rings. The number of hydrogen-bond acceptors (Lipinski definition) is 3. The molecule has 0 aromatic heterocycles. The Labute approximate surface area is 168 Å². The molecule has 1 amide bonds. The highest BCUT2D eigenvalue weighted by atomic mass is 35.5. The van der Waals surface area contributed by atoms with Crippen molar-refractivity contribution in [2.24, 2.45) is 5.92 Å². The van der Waals surface area contributed by atoms with Crippen molar-refractivity contribution in [2.75, 3.05) is 11.9 Å². The third-order valence-electron chi connectivity index (χ3n) is 5.25. The summed E-state index contributed by atoms with van der Waals surface area (Å²) in [5.74, 6) is 0.150. The molecule has 5 nitrogen and oxygen atoms in total. The van der Waals surface area contributed by atoms with Gasteiger partial charge >= 0.3 is 0 Å². The Morgan fingerprint density at radius 2 is 2.00 bits per heavy atom. The summed E-state index contributed by atoms with van der Waals surface area (Å²) < 4.78 is 6.37. The summed E-state index contributed by atoms with van der Waals surface area (Å²) in [5.41, 5.74) is 0.743. The molecule has 2 heterocycles. The van der Waals surface area contributed by atoms with Crippen molar-refractivity contribution in [1.82, 2.24) is 10.2 Å². The van der Waals surface area contributed by atoms with E-state index in [1.807, 2.05) is 43.0 Å². The Hall–Kier alpha value is -2.31. The first-order valence-corrected chi connectivity index (χ1v) is 9.65. The molecule has 140 valence electrons. The van der Waals surface area contributed by atoms with Crippen LogP contribution in [0.1, 0.15) is 25.5 Å². The van der Waals surface area contributed by atoms with Gasteiger partial charge < -0.3 is 20.3 Å². The molecule has 7 heteroatoms.